The zero-order valence-corrected chi connectivity index (χ0v) is 22.6. The number of rotatable bonds is 8. The smallest absolute Gasteiger partial charge is 0.295 e. The van der Waals surface area contributed by atoms with Crippen molar-refractivity contribution >= 4 is 44.8 Å². The number of nitrogens with zero attached hydrogens (tertiary/aromatic N) is 4. The van der Waals surface area contributed by atoms with E-state index < -0.39 is 74.2 Å². The van der Waals surface area contributed by atoms with E-state index in [4.69, 9.17) is 23.2 Å². The lowest BCUT2D eigenvalue weighted by Gasteiger charge is -2.24. The minimum Gasteiger partial charge on any atom is -0.295 e. The number of benzene rings is 2. The summed E-state index contributed by atoms with van der Waals surface area (Å²) in [6, 6.07) is 7.78. The van der Waals surface area contributed by atoms with E-state index in [1.165, 1.54) is 19.1 Å². The quantitative estimate of drug-likeness (QED) is 0.382. The lowest BCUT2D eigenvalue weighted by molar-refractivity contribution is -0.117. The van der Waals surface area contributed by atoms with Crippen LogP contribution in [-0.2, 0) is 28.3 Å². The second-order valence-electron chi connectivity index (χ2n) is 8.12. The molecule has 0 saturated heterocycles. The average Bonchev–Trinajstić information content (AvgIpc) is 2.88. The van der Waals surface area contributed by atoms with Crippen LogP contribution in [0, 0.1) is 17.1 Å². The summed E-state index contributed by atoms with van der Waals surface area (Å²) in [5.74, 6) is -2.92. The van der Waals surface area contributed by atoms with E-state index >= 15 is 4.39 Å². The minimum atomic E-state index is -4.43. The number of sulfonamides is 1. The molecule has 1 heterocycles. The van der Waals surface area contributed by atoms with Crippen molar-refractivity contribution in [3.8, 4) is 11.8 Å². The normalized spacial score (nSPS) is 11.5. The largest absolute Gasteiger partial charge is 0.335 e. The van der Waals surface area contributed by atoms with E-state index in [0.717, 1.165) is 7.05 Å². The van der Waals surface area contributed by atoms with E-state index in [1.54, 1.807) is 12.1 Å². The Labute approximate surface area is 230 Å². The van der Waals surface area contributed by atoms with E-state index in [9.17, 15) is 36.8 Å². The molecule has 0 bridgehead atoms. The number of carbonyl (C=O) groups is 1. The molecule has 0 unspecified atom stereocenters. The van der Waals surface area contributed by atoms with E-state index in [-0.39, 0.29) is 21.0 Å². The molecule has 3 aromatic rings. The van der Waals surface area contributed by atoms with Gasteiger partial charge < -0.3 is 0 Å². The number of hydrogen-bond donors (Lipinski definition) is 0. The molecule has 0 aliphatic rings. The fourth-order valence-corrected chi connectivity index (χ4v) is 5.10. The lowest BCUT2D eigenvalue weighted by Crippen LogP contribution is -2.41. The molecule has 0 fully saturated rings. The van der Waals surface area contributed by atoms with Crippen LogP contribution in [-0.4, -0.2) is 29.2 Å². The standard InChI is InChI=1S/C24H19Cl2F3N4O5S/c1-3-39(37,38)33(21(34)7-5-13-4-6-15(25)16(26)8-13)18-10-19(17(27)9-14(18)12-30)32-22(35)11-20(23(28)29)31(2)24(32)36/h4,6,8-11,23H,3,5,7H2,1-2H3. The number of carbonyl (C=O) groups excluding carboxylic acids is 1. The molecule has 0 atom stereocenters. The third-order valence-electron chi connectivity index (χ3n) is 5.71. The van der Waals surface area contributed by atoms with Crippen molar-refractivity contribution in [1.82, 2.24) is 9.13 Å². The molecule has 1 amide bonds. The topological polar surface area (TPSA) is 122 Å². The van der Waals surface area contributed by atoms with Crippen molar-refractivity contribution in [2.75, 3.05) is 10.1 Å². The molecule has 2 aromatic carbocycles. The van der Waals surface area contributed by atoms with Gasteiger partial charge in [-0.25, -0.2) is 35.3 Å². The van der Waals surface area contributed by atoms with Gasteiger partial charge in [-0.15, -0.1) is 0 Å². The first-order valence-corrected chi connectivity index (χ1v) is 13.4. The number of alkyl halides is 2. The van der Waals surface area contributed by atoms with E-state index in [0.29, 0.717) is 32.6 Å². The number of aromatic nitrogens is 2. The Bertz CT molecular complexity index is 1730. The highest BCUT2D eigenvalue weighted by Crippen LogP contribution is 2.30. The maximum atomic E-state index is 15.1. The summed E-state index contributed by atoms with van der Waals surface area (Å²) in [6.45, 7) is 1.23. The summed E-state index contributed by atoms with van der Waals surface area (Å²) in [6.07, 6.45) is -3.58. The fraction of sp³-hybridized carbons (Fsp3) is 0.250. The lowest BCUT2D eigenvalue weighted by atomic mass is 10.1. The Morgan fingerprint density at radius 2 is 1.79 bits per heavy atom. The van der Waals surface area contributed by atoms with Gasteiger partial charge in [0, 0.05) is 19.5 Å². The first kappa shape index (κ1) is 29.9. The minimum absolute atomic E-state index is 0.0104. The summed E-state index contributed by atoms with van der Waals surface area (Å²) >= 11 is 11.9. The third kappa shape index (κ3) is 6.03. The van der Waals surface area contributed by atoms with Gasteiger partial charge in [0.15, 0.2) is 0 Å². The molecule has 0 aliphatic heterocycles. The first-order valence-electron chi connectivity index (χ1n) is 11.1. The Hall–Kier alpha value is -3.60. The number of aryl methyl sites for hydroxylation is 1. The SMILES string of the molecule is CCS(=O)(=O)N(C(=O)CCc1ccc(Cl)c(Cl)c1)c1cc(-n2c(=O)cc(C(F)F)n(C)c2=O)c(F)cc1C#N. The monoisotopic (exact) mass is 602 g/mol. The fourth-order valence-electron chi connectivity index (χ4n) is 3.67. The van der Waals surface area contributed by atoms with E-state index in [2.05, 4.69) is 0 Å². The molecule has 0 aliphatic carbocycles. The van der Waals surface area contributed by atoms with Gasteiger partial charge in [-0.3, -0.25) is 14.2 Å². The molecule has 3 rings (SSSR count). The molecule has 0 N–H and O–H groups in total. The predicted molar refractivity (Wildman–Crippen MR) is 139 cm³/mol. The van der Waals surface area contributed by atoms with Crippen molar-refractivity contribution in [3.63, 3.8) is 0 Å². The van der Waals surface area contributed by atoms with Crippen molar-refractivity contribution in [3.05, 3.63) is 89.9 Å². The van der Waals surface area contributed by atoms with E-state index in [1.807, 2.05) is 0 Å². The Balaban J connectivity index is 2.20. The van der Waals surface area contributed by atoms with Crippen LogP contribution in [0.4, 0.5) is 18.9 Å². The van der Waals surface area contributed by atoms with Gasteiger partial charge in [0.2, 0.25) is 15.9 Å². The van der Waals surface area contributed by atoms with Gasteiger partial charge in [0.25, 0.3) is 12.0 Å². The number of hydrogen-bond acceptors (Lipinski definition) is 6. The molecule has 9 nitrogen and oxygen atoms in total. The Kier molecular flexibility index (Phi) is 8.94. The van der Waals surface area contributed by atoms with Gasteiger partial charge in [0.1, 0.15) is 11.9 Å². The molecular formula is C24H19Cl2F3N4O5S. The maximum absolute atomic E-state index is 15.1. The molecular weight excluding hydrogens is 584 g/mol. The van der Waals surface area contributed by atoms with Gasteiger partial charge >= 0.3 is 5.69 Å². The maximum Gasteiger partial charge on any atom is 0.335 e. The second kappa shape index (κ2) is 11.6. The summed E-state index contributed by atoms with van der Waals surface area (Å²) in [5.41, 5.74) is -5.14. The summed E-state index contributed by atoms with van der Waals surface area (Å²) in [5, 5.41) is 10.1. The van der Waals surface area contributed by atoms with Gasteiger partial charge in [-0.2, -0.15) is 5.26 Å². The molecule has 15 heteroatoms. The molecule has 1 aromatic heterocycles. The van der Waals surface area contributed by atoms with Crippen LogP contribution in [0.15, 0.2) is 46.0 Å². The summed E-state index contributed by atoms with van der Waals surface area (Å²) < 4.78 is 68.4. The van der Waals surface area contributed by atoms with Gasteiger partial charge in [-0.1, -0.05) is 29.3 Å². The van der Waals surface area contributed by atoms with Crippen LogP contribution in [0.5, 0.6) is 0 Å². The van der Waals surface area contributed by atoms with Crippen molar-refractivity contribution in [2.45, 2.75) is 26.2 Å². The van der Waals surface area contributed by atoms with Crippen LogP contribution in [0.25, 0.3) is 5.69 Å². The van der Waals surface area contributed by atoms with Crippen LogP contribution in [0.3, 0.4) is 0 Å². The molecule has 0 spiro atoms. The van der Waals surface area contributed by atoms with Crippen LogP contribution in [0.2, 0.25) is 10.0 Å². The van der Waals surface area contributed by atoms with Gasteiger partial charge in [0.05, 0.1) is 38.4 Å². The Morgan fingerprint density at radius 1 is 1.13 bits per heavy atom. The number of anilines is 1. The van der Waals surface area contributed by atoms with Gasteiger partial charge in [-0.05, 0) is 43.2 Å². The van der Waals surface area contributed by atoms with Crippen molar-refractivity contribution < 1.29 is 26.4 Å². The second-order valence-corrected chi connectivity index (χ2v) is 11.0. The number of amides is 1. The van der Waals surface area contributed by atoms with Crippen molar-refractivity contribution in [2.24, 2.45) is 7.05 Å². The zero-order valence-electron chi connectivity index (χ0n) is 20.3. The highest BCUT2D eigenvalue weighted by atomic mass is 35.5. The highest BCUT2D eigenvalue weighted by Gasteiger charge is 2.31. The zero-order chi connectivity index (χ0) is 29.2. The van der Waals surface area contributed by atoms with Crippen molar-refractivity contribution in [1.29, 1.82) is 5.26 Å². The first-order chi connectivity index (χ1) is 18.2. The third-order valence-corrected chi connectivity index (χ3v) is 8.13. The average molecular weight is 603 g/mol. The van der Waals surface area contributed by atoms with Crippen LogP contribution in [0.1, 0.15) is 36.6 Å². The number of nitriles is 1. The predicted octanol–water partition coefficient (Wildman–Crippen LogP) is 4.11. The van der Waals surface area contributed by atoms with Crippen LogP contribution < -0.4 is 15.6 Å². The summed E-state index contributed by atoms with van der Waals surface area (Å²) in [7, 11) is -3.50. The summed E-state index contributed by atoms with van der Waals surface area (Å²) in [4.78, 5) is 38.6. The Morgan fingerprint density at radius 3 is 2.36 bits per heavy atom. The molecule has 0 radical (unpaired) electrons. The molecule has 39 heavy (non-hydrogen) atoms. The highest BCUT2D eigenvalue weighted by molar-refractivity contribution is 7.93. The van der Waals surface area contributed by atoms with Crippen LogP contribution >= 0.6 is 23.2 Å². The molecule has 0 saturated carbocycles. The molecule has 206 valence electrons. The number of halogens is 5.